The van der Waals surface area contributed by atoms with Crippen LogP contribution in [0.4, 0.5) is 4.39 Å². The number of hydrogen-bond donors (Lipinski definition) is 0. The van der Waals surface area contributed by atoms with Crippen LogP contribution in [0, 0.1) is 5.82 Å². The zero-order valence-corrected chi connectivity index (χ0v) is 13.4. The van der Waals surface area contributed by atoms with Gasteiger partial charge in [-0.25, -0.2) is 9.37 Å². The van der Waals surface area contributed by atoms with Gasteiger partial charge in [-0.2, -0.15) is 9.61 Å². The lowest BCUT2D eigenvalue weighted by molar-refractivity contribution is 0.411. The van der Waals surface area contributed by atoms with Crippen LogP contribution in [0.1, 0.15) is 0 Å². The average molecular weight is 335 g/mol. The first kappa shape index (κ1) is 15.1. The molecule has 25 heavy (non-hydrogen) atoms. The zero-order valence-electron chi connectivity index (χ0n) is 13.4. The predicted octanol–water partition coefficient (Wildman–Crippen LogP) is 4.34. The van der Waals surface area contributed by atoms with E-state index in [0.717, 1.165) is 16.9 Å². The second-order valence-corrected chi connectivity index (χ2v) is 5.36. The third-order valence-corrected chi connectivity index (χ3v) is 3.80. The van der Waals surface area contributed by atoms with Gasteiger partial charge < -0.3 is 9.47 Å². The largest absolute Gasteiger partial charge is 0.497 e. The standard InChI is InChI=1S/C19H14FN3O2/c1-24-15-6-8-16(9-7-15)25-18-10-11-21-19-17(12-22-23(18)19)13-2-4-14(20)5-3-13/h2-12H,1H3. The summed E-state index contributed by atoms with van der Waals surface area (Å²) in [7, 11) is 1.61. The van der Waals surface area contributed by atoms with Crippen molar-refractivity contribution in [3.63, 3.8) is 0 Å². The van der Waals surface area contributed by atoms with Crippen LogP contribution in [-0.4, -0.2) is 21.7 Å². The number of halogens is 1. The smallest absolute Gasteiger partial charge is 0.223 e. The van der Waals surface area contributed by atoms with Gasteiger partial charge in [0.2, 0.25) is 5.88 Å². The lowest BCUT2D eigenvalue weighted by Crippen LogP contribution is -1.97. The molecule has 0 N–H and O–H groups in total. The average Bonchev–Trinajstić information content (AvgIpc) is 3.08. The van der Waals surface area contributed by atoms with E-state index >= 15 is 0 Å². The van der Waals surface area contributed by atoms with E-state index in [1.807, 2.05) is 24.3 Å². The Morgan fingerprint density at radius 3 is 2.36 bits per heavy atom. The summed E-state index contributed by atoms with van der Waals surface area (Å²) in [5.74, 6) is 1.66. The van der Waals surface area contributed by atoms with E-state index in [-0.39, 0.29) is 5.82 Å². The van der Waals surface area contributed by atoms with Crippen molar-refractivity contribution in [1.82, 2.24) is 14.6 Å². The van der Waals surface area contributed by atoms with Crippen LogP contribution in [0.25, 0.3) is 16.8 Å². The first-order valence-corrected chi connectivity index (χ1v) is 7.65. The number of ether oxygens (including phenoxy) is 2. The Labute approximate surface area is 143 Å². The van der Waals surface area contributed by atoms with Crippen LogP contribution in [0.5, 0.6) is 17.4 Å². The van der Waals surface area contributed by atoms with Gasteiger partial charge in [0, 0.05) is 17.8 Å². The highest BCUT2D eigenvalue weighted by Crippen LogP contribution is 2.28. The molecule has 124 valence electrons. The Bertz CT molecular complexity index is 1010. The van der Waals surface area contributed by atoms with Crippen LogP contribution in [-0.2, 0) is 0 Å². The monoisotopic (exact) mass is 335 g/mol. The van der Waals surface area contributed by atoms with Crippen LogP contribution >= 0.6 is 0 Å². The summed E-state index contributed by atoms with van der Waals surface area (Å²) in [5, 5.41) is 4.36. The van der Waals surface area contributed by atoms with Crippen molar-refractivity contribution in [2.24, 2.45) is 0 Å². The molecule has 0 aliphatic carbocycles. The van der Waals surface area contributed by atoms with E-state index in [1.54, 1.807) is 42.2 Å². The molecule has 4 rings (SSSR count). The highest BCUT2D eigenvalue weighted by Gasteiger charge is 2.12. The summed E-state index contributed by atoms with van der Waals surface area (Å²) in [5.41, 5.74) is 2.28. The van der Waals surface area contributed by atoms with E-state index in [9.17, 15) is 4.39 Å². The van der Waals surface area contributed by atoms with Gasteiger partial charge in [-0.05, 0) is 42.0 Å². The molecule has 6 heteroatoms. The van der Waals surface area contributed by atoms with Gasteiger partial charge in [-0.1, -0.05) is 12.1 Å². The summed E-state index contributed by atoms with van der Waals surface area (Å²) in [6, 6.07) is 15.2. The molecule has 0 fully saturated rings. The molecule has 5 nitrogen and oxygen atoms in total. The second-order valence-electron chi connectivity index (χ2n) is 5.36. The number of benzene rings is 2. The molecule has 0 spiro atoms. The normalized spacial score (nSPS) is 10.8. The molecule has 0 radical (unpaired) electrons. The first-order chi connectivity index (χ1) is 12.2. The molecule has 0 bridgehead atoms. The Morgan fingerprint density at radius 1 is 0.920 bits per heavy atom. The van der Waals surface area contributed by atoms with E-state index in [4.69, 9.17) is 9.47 Å². The molecule has 0 unspecified atom stereocenters. The van der Waals surface area contributed by atoms with E-state index < -0.39 is 0 Å². The van der Waals surface area contributed by atoms with Crippen molar-refractivity contribution in [3.05, 3.63) is 72.8 Å². The van der Waals surface area contributed by atoms with E-state index in [1.165, 1.54) is 12.1 Å². The Kier molecular flexibility index (Phi) is 3.78. The molecule has 0 saturated carbocycles. The maximum absolute atomic E-state index is 13.1. The molecular weight excluding hydrogens is 321 g/mol. The van der Waals surface area contributed by atoms with Crippen LogP contribution in [0.15, 0.2) is 67.0 Å². The number of methoxy groups -OCH3 is 1. The molecule has 2 aromatic heterocycles. The molecule has 0 atom stereocenters. The summed E-state index contributed by atoms with van der Waals surface area (Å²) in [6.07, 6.45) is 3.35. The Hall–Kier alpha value is -3.41. The van der Waals surface area contributed by atoms with E-state index in [0.29, 0.717) is 17.3 Å². The van der Waals surface area contributed by atoms with Crippen molar-refractivity contribution < 1.29 is 13.9 Å². The molecule has 0 aliphatic rings. The fraction of sp³-hybridized carbons (Fsp3) is 0.0526. The van der Waals surface area contributed by atoms with Crippen molar-refractivity contribution in [2.75, 3.05) is 7.11 Å². The number of hydrogen-bond acceptors (Lipinski definition) is 4. The predicted molar refractivity (Wildman–Crippen MR) is 91.4 cm³/mol. The fourth-order valence-corrected chi connectivity index (χ4v) is 2.54. The summed E-state index contributed by atoms with van der Waals surface area (Å²) < 4.78 is 25.8. The minimum atomic E-state index is -0.281. The number of rotatable bonds is 4. The van der Waals surface area contributed by atoms with Crippen molar-refractivity contribution in [2.45, 2.75) is 0 Å². The topological polar surface area (TPSA) is 48.7 Å². The Balaban J connectivity index is 1.72. The summed E-state index contributed by atoms with van der Waals surface area (Å²) in [4.78, 5) is 4.38. The zero-order chi connectivity index (χ0) is 17.2. The van der Waals surface area contributed by atoms with Gasteiger partial charge >= 0.3 is 0 Å². The molecule has 0 saturated heterocycles. The van der Waals surface area contributed by atoms with Crippen LogP contribution in [0.3, 0.4) is 0 Å². The lowest BCUT2D eigenvalue weighted by Gasteiger charge is -2.08. The minimum absolute atomic E-state index is 0.281. The second kappa shape index (κ2) is 6.24. The van der Waals surface area contributed by atoms with Gasteiger partial charge in [0.25, 0.3) is 0 Å². The van der Waals surface area contributed by atoms with Crippen molar-refractivity contribution in [1.29, 1.82) is 0 Å². The van der Waals surface area contributed by atoms with Gasteiger partial charge in [0.05, 0.1) is 13.3 Å². The highest BCUT2D eigenvalue weighted by atomic mass is 19.1. The molecule has 2 aromatic carbocycles. The fourth-order valence-electron chi connectivity index (χ4n) is 2.54. The van der Waals surface area contributed by atoms with Crippen molar-refractivity contribution >= 4 is 5.65 Å². The third-order valence-electron chi connectivity index (χ3n) is 3.80. The maximum Gasteiger partial charge on any atom is 0.223 e. The van der Waals surface area contributed by atoms with Crippen LogP contribution < -0.4 is 9.47 Å². The molecular formula is C19H14FN3O2. The summed E-state index contributed by atoms with van der Waals surface area (Å²) >= 11 is 0. The van der Waals surface area contributed by atoms with Gasteiger partial charge in [-0.15, -0.1) is 0 Å². The highest BCUT2D eigenvalue weighted by molar-refractivity contribution is 5.77. The SMILES string of the molecule is COc1ccc(Oc2ccnc3c(-c4ccc(F)cc4)cnn23)cc1. The van der Waals surface area contributed by atoms with Gasteiger partial charge in [-0.3, -0.25) is 0 Å². The third kappa shape index (κ3) is 2.89. The van der Waals surface area contributed by atoms with Crippen LogP contribution in [0.2, 0.25) is 0 Å². The molecule has 0 aliphatic heterocycles. The maximum atomic E-state index is 13.1. The number of aromatic nitrogens is 3. The molecule has 2 heterocycles. The summed E-state index contributed by atoms with van der Waals surface area (Å²) in [6.45, 7) is 0. The first-order valence-electron chi connectivity index (χ1n) is 7.65. The number of fused-ring (bicyclic) bond motifs is 1. The Morgan fingerprint density at radius 2 is 1.64 bits per heavy atom. The number of nitrogens with zero attached hydrogens (tertiary/aromatic N) is 3. The van der Waals surface area contributed by atoms with Crippen molar-refractivity contribution in [3.8, 4) is 28.5 Å². The lowest BCUT2D eigenvalue weighted by atomic mass is 10.1. The molecule has 0 amide bonds. The minimum Gasteiger partial charge on any atom is -0.497 e. The molecule has 4 aromatic rings. The quantitative estimate of drug-likeness (QED) is 0.557. The van der Waals surface area contributed by atoms with E-state index in [2.05, 4.69) is 10.1 Å². The van der Waals surface area contributed by atoms with Gasteiger partial charge in [0.15, 0.2) is 5.65 Å². The van der Waals surface area contributed by atoms with Gasteiger partial charge in [0.1, 0.15) is 17.3 Å².